The highest BCUT2D eigenvalue weighted by molar-refractivity contribution is 7.92. The Morgan fingerprint density at radius 3 is 2.76 bits per heavy atom. The first-order chi connectivity index (χ1) is 9.82. The fourth-order valence-electron chi connectivity index (χ4n) is 2.22. The van der Waals surface area contributed by atoms with Crippen LogP contribution >= 0.6 is 11.3 Å². The minimum Gasteiger partial charge on any atom is -0.319 e. The number of nitrogens with one attached hydrogen (secondary N) is 2. The van der Waals surface area contributed by atoms with Crippen molar-refractivity contribution < 1.29 is 16.8 Å². The third kappa shape index (κ3) is 4.75. The molecule has 1 aromatic rings. The molecule has 0 saturated carbocycles. The molecule has 2 heterocycles. The summed E-state index contributed by atoms with van der Waals surface area (Å²) in [5, 5.41) is 3.02. The van der Waals surface area contributed by atoms with Gasteiger partial charge in [-0.25, -0.2) is 21.6 Å². The van der Waals surface area contributed by atoms with Gasteiger partial charge < -0.3 is 5.32 Å². The normalized spacial score (nSPS) is 21.7. The van der Waals surface area contributed by atoms with Gasteiger partial charge in [0.15, 0.2) is 9.84 Å². The molecule has 0 spiro atoms. The number of thiophene rings is 1. The lowest BCUT2D eigenvalue weighted by atomic mass is 10.1. The number of rotatable bonds is 7. The second-order valence-electron chi connectivity index (χ2n) is 5.20. The lowest BCUT2D eigenvalue weighted by molar-refractivity contribution is 0.544. The Bertz CT molecular complexity index is 679. The van der Waals surface area contributed by atoms with Gasteiger partial charge in [0, 0.05) is 11.4 Å². The van der Waals surface area contributed by atoms with Crippen LogP contribution in [0.4, 0.5) is 0 Å². The van der Waals surface area contributed by atoms with Crippen LogP contribution in [0, 0.1) is 5.92 Å². The molecule has 1 fully saturated rings. The molecule has 0 aromatic carbocycles. The van der Waals surface area contributed by atoms with Gasteiger partial charge in [-0.05, 0) is 44.5 Å². The molecule has 6 nitrogen and oxygen atoms in total. The first-order valence-electron chi connectivity index (χ1n) is 6.76. The minimum absolute atomic E-state index is 0.0768. The summed E-state index contributed by atoms with van der Waals surface area (Å²) in [4.78, 5) is 1.01. The van der Waals surface area contributed by atoms with E-state index in [1.807, 2.05) is 13.1 Å². The maximum atomic E-state index is 12.2. The van der Waals surface area contributed by atoms with Crippen LogP contribution in [-0.4, -0.2) is 48.5 Å². The number of hydrogen-bond acceptors (Lipinski definition) is 6. The summed E-state index contributed by atoms with van der Waals surface area (Å²) in [5.41, 5.74) is 0. The molecule has 1 saturated heterocycles. The Kier molecular flexibility index (Phi) is 5.42. The first-order valence-corrected chi connectivity index (χ1v) is 10.9. The highest BCUT2D eigenvalue weighted by Gasteiger charge is 2.29. The summed E-state index contributed by atoms with van der Waals surface area (Å²) in [6.45, 7) is 0.985. The number of sulfonamides is 1. The van der Waals surface area contributed by atoms with E-state index in [0.29, 0.717) is 6.42 Å². The van der Waals surface area contributed by atoms with Crippen LogP contribution < -0.4 is 10.0 Å². The van der Waals surface area contributed by atoms with E-state index in [-0.39, 0.29) is 28.2 Å². The minimum atomic E-state index is -3.54. The smallest absolute Gasteiger partial charge is 0.250 e. The second-order valence-corrected chi connectivity index (χ2v) is 10.6. The molecule has 0 bridgehead atoms. The van der Waals surface area contributed by atoms with Gasteiger partial charge in [-0.15, -0.1) is 11.3 Å². The van der Waals surface area contributed by atoms with Crippen molar-refractivity contribution >= 4 is 31.2 Å². The van der Waals surface area contributed by atoms with Gasteiger partial charge in [0.25, 0.3) is 0 Å². The maximum Gasteiger partial charge on any atom is 0.250 e. The van der Waals surface area contributed by atoms with E-state index < -0.39 is 19.9 Å². The molecular formula is C12H20N2O4S3. The number of hydrogen-bond donors (Lipinski definition) is 2. The molecule has 0 aliphatic carbocycles. The van der Waals surface area contributed by atoms with Gasteiger partial charge in [-0.3, -0.25) is 0 Å². The Balaban J connectivity index is 1.94. The molecule has 9 heteroatoms. The van der Waals surface area contributed by atoms with Crippen LogP contribution in [0.3, 0.4) is 0 Å². The van der Waals surface area contributed by atoms with Gasteiger partial charge in [0.2, 0.25) is 10.0 Å². The SMILES string of the molecule is CNCCc1ccc(S(=O)(=O)NCC2CCS(=O)(=O)C2)s1. The number of likely N-dealkylation sites (N-methyl/N-ethyl adjacent to an activating group) is 1. The molecule has 120 valence electrons. The van der Waals surface area contributed by atoms with E-state index in [1.54, 1.807) is 6.07 Å². The van der Waals surface area contributed by atoms with Crippen molar-refractivity contribution in [2.45, 2.75) is 17.1 Å². The molecule has 1 aromatic heterocycles. The van der Waals surface area contributed by atoms with Gasteiger partial charge in [0.05, 0.1) is 11.5 Å². The standard InChI is InChI=1S/C12H20N2O4S3/c1-13-6-4-11-2-3-12(19-11)21(17,18)14-8-10-5-7-20(15,16)9-10/h2-3,10,13-14H,4-9H2,1H3. The molecular weight excluding hydrogens is 332 g/mol. The van der Waals surface area contributed by atoms with Crippen LogP contribution in [0.2, 0.25) is 0 Å². The van der Waals surface area contributed by atoms with Crippen LogP contribution in [0.1, 0.15) is 11.3 Å². The van der Waals surface area contributed by atoms with Crippen molar-refractivity contribution in [3.8, 4) is 0 Å². The highest BCUT2D eigenvalue weighted by atomic mass is 32.2. The zero-order valence-corrected chi connectivity index (χ0v) is 14.3. The largest absolute Gasteiger partial charge is 0.319 e. The van der Waals surface area contributed by atoms with E-state index >= 15 is 0 Å². The molecule has 0 radical (unpaired) electrons. The molecule has 1 atom stereocenters. The Hall–Kier alpha value is -0.480. The molecule has 1 aliphatic heterocycles. The van der Waals surface area contributed by atoms with Gasteiger partial charge in [0.1, 0.15) is 4.21 Å². The summed E-state index contributed by atoms with van der Waals surface area (Å²) in [6, 6.07) is 3.42. The lowest BCUT2D eigenvalue weighted by Crippen LogP contribution is -2.29. The topological polar surface area (TPSA) is 92.3 Å². The molecule has 1 unspecified atom stereocenters. The predicted octanol–water partition coefficient (Wildman–Crippen LogP) is 0.223. The highest BCUT2D eigenvalue weighted by Crippen LogP contribution is 2.23. The second kappa shape index (κ2) is 6.74. The third-order valence-corrected chi connectivity index (χ3v) is 8.31. The predicted molar refractivity (Wildman–Crippen MR) is 83.9 cm³/mol. The molecule has 1 aliphatic rings. The fourth-order valence-corrected chi connectivity index (χ4v) is 6.59. The summed E-state index contributed by atoms with van der Waals surface area (Å²) >= 11 is 1.25. The fraction of sp³-hybridized carbons (Fsp3) is 0.667. The van der Waals surface area contributed by atoms with Crippen LogP contribution in [0.25, 0.3) is 0 Å². The summed E-state index contributed by atoms with van der Waals surface area (Å²) in [6.07, 6.45) is 1.32. The van der Waals surface area contributed by atoms with Crippen molar-refractivity contribution in [2.75, 3.05) is 31.6 Å². The van der Waals surface area contributed by atoms with E-state index in [1.165, 1.54) is 11.3 Å². The third-order valence-electron chi connectivity index (χ3n) is 3.41. The van der Waals surface area contributed by atoms with Crippen molar-refractivity contribution in [1.82, 2.24) is 10.0 Å². The summed E-state index contributed by atoms with van der Waals surface area (Å²) < 4.78 is 49.9. The van der Waals surface area contributed by atoms with E-state index in [0.717, 1.165) is 17.8 Å². The van der Waals surface area contributed by atoms with Crippen molar-refractivity contribution in [3.05, 3.63) is 17.0 Å². The van der Waals surface area contributed by atoms with E-state index in [2.05, 4.69) is 10.0 Å². The van der Waals surface area contributed by atoms with Crippen molar-refractivity contribution in [2.24, 2.45) is 5.92 Å². The quantitative estimate of drug-likeness (QED) is 0.732. The zero-order valence-electron chi connectivity index (χ0n) is 11.8. The monoisotopic (exact) mass is 352 g/mol. The molecule has 0 amide bonds. The Morgan fingerprint density at radius 1 is 1.38 bits per heavy atom. The molecule has 2 rings (SSSR count). The van der Waals surface area contributed by atoms with Crippen molar-refractivity contribution in [1.29, 1.82) is 0 Å². The van der Waals surface area contributed by atoms with Gasteiger partial charge >= 0.3 is 0 Å². The first kappa shape index (κ1) is 16.9. The molecule has 2 N–H and O–H groups in total. The lowest BCUT2D eigenvalue weighted by Gasteiger charge is -2.09. The number of sulfone groups is 1. The van der Waals surface area contributed by atoms with Crippen LogP contribution in [0.15, 0.2) is 16.3 Å². The van der Waals surface area contributed by atoms with E-state index in [4.69, 9.17) is 0 Å². The van der Waals surface area contributed by atoms with Gasteiger partial charge in [-0.1, -0.05) is 0 Å². The van der Waals surface area contributed by atoms with E-state index in [9.17, 15) is 16.8 Å². The average molecular weight is 353 g/mol. The summed E-state index contributed by atoms with van der Waals surface area (Å²) in [5.74, 6) is 0.119. The summed E-state index contributed by atoms with van der Waals surface area (Å²) in [7, 11) is -4.66. The van der Waals surface area contributed by atoms with Crippen molar-refractivity contribution in [3.63, 3.8) is 0 Å². The Labute approximate surface area is 129 Å². The molecule has 21 heavy (non-hydrogen) atoms. The van der Waals surface area contributed by atoms with Crippen LogP contribution in [0.5, 0.6) is 0 Å². The van der Waals surface area contributed by atoms with Gasteiger partial charge in [-0.2, -0.15) is 0 Å². The maximum absolute atomic E-state index is 12.2. The Morgan fingerprint density at radius 2 is 2.14 bits per heavy atom. The average Bonchev–Trinajstić information content (AvgIpc) is 3.01. The van der Waals surface area contributed by atoms with Crippen LogP contribution in [-0.2, 0) is 26.3 Å². The zero-order chi connectivity index (χ0) is 15.5.